The number of rotatable bonds is 4. The van der Waals surface area contributed by atoms with Crippen molar-refractivity contribution in [3.63, 3.8) is 0 Å². The Kier molecular flexibility index (Phi) is 4.23. The molecule has 1 aromatic carbocycles. The van der Waals surface area contributed by atoms with Crippen molar-refractivity contribution in [1.29, 1.82) is 10.5 Å². The van der Waals surface area contributed by atoms with Crippen molar-refractivity contribution in [2.45, 2.75) is 6.42 Å². The van der Waals surface area contributed by atoms with Crippen LogP contribution in [0.5, 0.6) is 0 Å². The van der Waals surface area contributed by atoms with Crippen LogP contribution in [0.25, 0.3) is 0 Å². The van der Waals surface area contributed by atoms with Crippen LogP contribution in [0.4, 0.5) is 5.69 Å². The van der Waals surface area contributed by atoms with E-state index in [4.69, 9.17) is 15.6 Å². The Balaban J connectivity index is 2.80. The number of nitrogens with one attached hydrogen (secondary N) is 1. The molecule has 84 valence electrons. The molecule has 0 aliphatic heterocycles. The van der Waals surface area contributed by atoms with Gasteiger partial charge in [0.15, 0.2) is 0 Å². The number of hydrogen-bond acceptors (Lipinski definition) is 5. The minimum absolute atomic E-state index is 0.0947. The SMILES string of the molecule is N#CC(C#N)=NNc1cccc(CC(=O)O)c1. The van der Waals surface area contributed by atoms with Crippen LogP contribution in [-0.2, 0) is 11.2 Å². The molecule has 0 spiro atoms. The molecule has 0 aliphatic carbocycles. The highest BCUT2D eigenvalue weighted by atomic mass is 16.4. The lowest BCUT2D eigenvalue weighted by atomic mass is 10.1. The van der Waals surface area contributed by atoms with Gasteiger partial charge in [-0.25, -0.2) is 0 Å². The first-order chi connectivity index (χ1) is 8.15. The summed E-state index contributed by atoms with van der Waals surface area (Å²) in [6.45, 7) is 0. The lowest BCUT2D eigenvalue weighted by Crippen LogP contribution is -2.01. The van der Waals surface area contributed by atoms with Crippen molar-refractivity contribution < 1.29 is 9.90 Å². The van der Waals surface area contributed by atoms with Crippen molar-refractivity contribution in [3.05, 3.63) is 29.8 Å². The van der Waals surface area contributed by atoms with Gasteiger partial charge in [0.2, 0.25) is 5.71 Å². The van der Waals surface area contributed by atoms with Crippen molar-refractivity contribution in [1.82, 2.24) is 0 Å². The number of nitrogens with zero attached hydrogens (tertiary/aromatic N) is 3. The first kappa shape index (κ1) is 12.2. The molecule has 1 aromatic rings. The Morgan fingerprint density at radius 1 is 1.41 bits per heavy atom. The standard InChI is InChI=1S/C11H8N4O2/c12-6-10(7-13)15-14-9-3-1-2-8(4-9)5-11(16)17/h1-4,14H,5H2,(H,16,17). The van der Waals surface area contributed by atoms with Crippen LogP contribution in [0, 0.1) is 22.7 Å². The molecule has 0 aliphatic rings. The zero-order valence-corrected chi connectivity index (χ0v) is 8.71. The van der Waals surface area contributed by atoms with Gasteiger partial charge in [0.05, 0.1) is 12.1 Å². The molecular weight excluding hydrogens is 220 g/mol. The number of hydrazone groups is 1. The maximum Gasteiger partial charge on any atom is 0.307 e. The normalized spacial score (nSPS) is 8.59. The van der Waals surface area contributed by atoms with E-state index in [1.165, 1.54) is 0 Å². The van der Waals surface area contributed by atoms with Crippen LogP contribution < -0.4 is 5.43 Å². The fourth-order valence-electron chi connectivity index (χ4n) is 1.12. The van der Waals surface area contributed by atoms with E-state index in [2.05, 4.69) is 10.5 Å². The third kappa shape index (κ3) is 4.02. The molecular formula is C11H8N4O2. The van der Waals surface area contributed by atoms with Gasteiger partial charge in [-0.05, 0) is 17.7 Å². The summed E-state index contributed by atoms with van der Waals surface area (Å²) in [6.07, 6.45) is -0.0947. The number of anilines is 1. The Morgan fingerprint density at radius 2 is 2.12 bits per heavy atom. The zero-order valence-electron chi connectivity index (χ0n) is 8.71. The Labute approximate surface area is 97.4 Å². The minimum atomic E-state index is -0.930. The summed E-state index contributed by atoms with van der Waals surface area (Å²) < 4.78 is 0. The molecule has 0 bridgehead atoms. The smallest absolute Gasteiger partial charge is 0.307 e. The van der Waals surface area contributed by atoms with E-state index in [9.17, 15) is 4.79 Å². The molecule has 0 atom stereocenters. The highest BCUT2D eigenvalue weighted by molar-refractivity contribution is 6.10. The van der Waals surface area contributed by atoms with E-state index in [0.29, 0.717) is 11.3 Å². The Hall–Kier alpha value is -2.86. The molecule has 17 heavy (non-hydrogen) atoms. The summed E-state index contributed by atoms with van der Waals surface area (Å²) in [7, 11) is 0. The monoisotopic (exact) mass is 228 g/mol. The van der Waals surface area contributed by atoms with Crippen molar-refractivity contribution in [2.24, 2.45) is 5.10 Å². The third-order valence-electron chi connectivity index (χ3n) is 1.79. The van der Waals surface area contributed by atoms with Gasteiger partial charge < -0.3 is 5.11 Å². The lowest BCUT2D eigenvalue weighted by molar-refractivity contribution is -0.136. The topological polar surface area (TPSA) is 109 Å². The van der Waals surface area contributed by atoms with Gasteiger partial charge in [0.25, 0.3) is 0 Å². The van der Waals surface area contributed by atoms with E-state index >= 15 is 0 Å². The summed E-state index contributed by atoms with van der Waals surface area (Å²) in [5.74, 6) is -0.930. The Bertz CT molecular complexity index is 521. The molecule has 0 aromatic heterocycles. The molecule has 0 saturated heterocycles. The first-order valence-corrected chi connectivity index (χ1v) is 4.60. The fraction of sp³-hybridized carbons (Fsp3) is 0.0909. The second kappa shape index (κ2) is 5.89. The van der Waals surface area contributed by atoms with Gasteiger partial charge in [0, 0.05) is 0 Å². The predicted octanol–water partition coefficient (Wildman–Crippen LogP) is 1.13. The fourth-order valence-corrected chi connectivity index (χ4v) is 1.12. The maximum atomic E-state index is 10.5. The molecule has 0 amide bonds. The molecule has 0 radical (unpaired) electrons. The van der Waals surface area contributed by atoms with Gasteiger partial charge in [-0.2, -0.15) is 15.6 Å². The van der Waals surface area contributed by atoms with Gasteiger partial charge in [-0.15, -0.1) is 0 Å². The molecule has 6 heteroatoms. The summed E-state index contributed by atoms with van der Waals surface area (Å²) >= 11 is 0. The van der Waals surface area contributed by atoms with Crippen molar-refractivity contribution in [2.75, 3.05) is 5.43 Å². The summed E-state index contributed by atoms with van der Waals surface area (Å²) in [6, 6.07) is 9.77. The number of aliphatic carboxylic acids is 1. The number of hydrogen-bond donors (Lipinski definition) is 2. The van der Waals surface area contributed by atoms with Gasteiger partial charge in [-0.1, -0.05) is 12.1 Å². The van der Waals surface area contributed by atoms with Crippen LogP contribution in [-0.4, -0.2) is 16.8 Å². The van der Waals surface area contributed by atoms with E-state index in [1.54, 1.807) is 36.4 Å². The molecule has 0 unspecified atom stereocenters. The first-order valence-electron chi connectivity index (χ1n) is 4.60. The quantitative estimate of drug-likeness (QED) is 0.593. The molecule has 1 rings (SSSR count). The zero-order chi connectivity index (χ0) is 12.7. The van der Waals surface area contributed by atoms with Gasteiger partial charge in [-0.3, -0.25) is 10.2 Å². The molecule has 6 nitrogen and oxygen atoms in total. The summed E-state index contributed by atoms with van der Waals surface area (Å²) in [4.78, 5) is 10.5. The van der Waals surface area contributed by atoms with Gasteiger partial charge in [0.1, 0.15) is 12.1 Å². The molecule has 0 saturated carbocycles. The van der Waals surface area contributed by atoms with Crippen molar-refractivity contribution >= 4 is 17.4 Å². The second-order valence-electron chi connectivity index (χ2n) is 3.07. The third-order valence-corrected chi connectivity index (χ3v) is 1.79. The highest BCUT2D eigenvalue weighted by Gasteiger charge is 2.01. The predicted molar refractivity (Wildman–Crippen MR) is 60.1 cm³/mol. The average molecular weight is 228 g/mol. The largest absolute Gasteiger partial charge is 0.481 e. The lowest BCUT2D eigenvalue weighted by Gasteiger charge is -2.02. The number of benzene rings is 1. The van der Waals surface area contributed by atoms with E-state index in [0.717, 1.165) is 0 Å². The average Bonchev–Trinajstić information content (AvgIpc) is 2.30. The molecule has 0 heterocycles. The second-order valence-corrected chi connectivity index (χ2v) is 3.07. The van der Waals surface area contributed by atoms with Crippen LogP contribution in [0.2, 0.25) is 0 Å². The number of nitriles is 2. The summed E-state index contributed by atoms with van der Waals surface area (Å²) in [5.41, 5.74) is 3.34. The Morgan fingerprint density at radius 3 is 2.71 bits per heavy atom. The molecule has 2 N–H and O–H groups in total. The van der Waals surface area contributed by atoms with E-state index < -0.39 is 5.97 Å². The van der Waals surface area contributed by atoms with E-state index in [-0.39, 0.29) is 12.1 Å². The maximum absolute atomic E-state index is 10.5. The molecule has 0 fully saturated rings. The minimum Gasteiger partial charge on any atom is -0.481 e. The number of carboxylic acid groups (broad SMARTS) is 1. The number of carboxylic acids is 1. The van der Waals surface area contributed by atoms with Crippen LogP contribution in [0.15, 0.2) is 29.4 Å². The van der Waals surface area contributed by atoms with Crippen LogP contribution in [0.1, 0.15) is 5.56 Å². The van der Waals surface area contributed by atoms with Gasteiger partial charge >= 0.3 is 5.97 Å². The number of carbonyl (C=O) groups is 1. The van der Waals surface area contributed by atoms with Crippen LogP contribution in [0.3, 0.4) is 0 Å². The van der Waals surface area contributed by atoms with E-state index in [1.807, 2.05) is 0 Å². The van der Waals surface area contributed by atoms with Crippen molar-refractivity contribution in [3.8, 4) is 12.1 Å². The highest BCUT2D eigenvalue weighted by Crippen LogP contribution is 2.11. The van der Waals surface area contributed by atoms with Crippen LogP contribution >= 0.6 is 0 Å². The summed E-state index contributed by atoms with van der Waals surface area (Å²) in [5, 5.41) is 29.1.